The lowest BCUT2D eigenvalue weighted by Crippen LogP contribution is -2.41. The Labute approximate surface area is 124 Å². The smallest absolute Gasteiger partial charge is 0.123 e. The Bertz CT molecular complexity index is 519. The van der Waals surface area contributed by atoms with Crippen molar-refractivity contribution in [2.24, 2.45) is 0 Å². The molecule has 0 aliphatic carbocycles. The maximum Gasteiger partial charge on any atom is 0.123 e. The van der Waals surface area contributed by atoms with E-state index in [1.807, 2.05) is 45.0 Å². The number of para-hydroxylation sites is 1. The van der Waals surface area contributed by atoms with Crippen molar-refractivity contribution in [3.8, 4) is 5.75 Å². The molecule has 3 nitrogen and oxygen atoms in total. The maximum absolute atomic E-state index is 12.8. The molecule has 0 saturated heterocycles. The molecule has 1 aromatic rings. The minimum absolute atomic E-state index is 0.0139. The molecule has 2 rings (SSSR count). The molecule has 0 N–H and O–H groups in total. The predicted octanol–water partition coefficient (Wildman–Crippen LogP) is 3.46. The summed E-state index contributed by atoms with van der Waals surface area (Å²) >= 11 is 0. The molecule has 2 atom stereocenters. The van der Waals surface area contributed by atoms with Crippen LogP contribution in [0.5, 0.6) is 5.75 Å². The third kappa shape index (κ3) is 3.13. The second-order valence-corrected chi connectivity index (χ2v) is 8.10. The molecule has 0 spiro atoms. The minimum Gasteiger partial charge on any atom is -0.496 e. The Balaban J connectivity index is 2.39. The van der Waals surface area contributed by atoms with Crippen molar-refractivity contribution < 1.29 is 8.95 Å². The van der Waals surface area contributed by atoms with Crippen LogP contribution in [0.15, 0.2) is 36.4 Å². The molecule has 1 heterocycles. The van der Waals surface area contributed by atoms with E-state index in [1.165, 1.54) is 0 Å². The van der Waals surface area contributed by atoms with Crippen LogP contribution in [0.2, 0.25) is 0 Å². The van der Waals surface area contributed by atoms with Gasteiger partial charge in [-0.3, -0.25) is 0 Å². The van der Waals surface area contributed by atoms with Crippen molar-refractivity contribution in [3.05, 3.63) is 42.0 Å². The summed E-state index contributed by atoms with van der Waals surface area (Å²) in [5.74, 6) is 0.847. The van der Waals surface area contributed by atoms with E-state index >= 15 is 0 Å². The van der Waals surface area contributed by atoms with Gasteiger partial charge in [0.2, 0.25) is 0 Å². The highest BCUT2D eigenvalue weighted by atomic mass is 32.2. The molecule has 1 unspecified atom stereocenters. The minimum atomic E-state index is -1.04. The zero-order valence-electron chi connectivity index (χ0n) is 12.6. The third-order valence-electron chi connectivity index (χ3n) is 3.34. The van der Waals surface area contributed by atoms with Crippen LogP contribution in [0, 0.1) is 0 Å². The maximum atomic E-state index is 12.8. The first-order valence-corrected chi connectivity index (χ1v) is 8.04. The molecule has 0 aromatic heterocycles. The summed E-state index contributed by atoms with van der Waals surface area (Å²) in [4.78, 5) is 0. The van der Waals surface area contributed by atoms with Gasteiger partial charge in [0, 0.05) is 12.1 Å². The highest BCUT2D eigenvalue weighted by Crippen LogP contribution is 2.35. The lowest BCUT2D eigenvalue weighted by Gasteiger charge is -2.36. The fraction of sp³-hybridized carbons (Fsp3) is 0.500. The monoisotopic (exact) mass is 293 g/mol. The molecule has 1 aliphatic heterocycles. The van der Waals surface area contributed by atoms with Crippen molar-refractivity contribution in [2.45, 2.75) is 38.0 Å². The normalized spacial score (nSPS) is 21.7. The Morgan fingerprint density at radius 1 is 1.30 bits per heavy atom. The van der Waals surface area contributed by atoms with Gasteiger partial charge in [-0.25, -0.2) is 8.51 Å². The van der Waals surface area contributed by atoms with Gasteiger partial charge in [-0.15, -0.1) is 0 Å². The van der Waals surface area contributed by atoms with Gasteiger partial charge in [0.05, 0.1) is 17.9 Å². The average molecular weight is 293 g/mol. The van der Waals surface area contributed by atoms with E-state index in [0.717, 1.165) is 24.3 Å². The topological polar surface area (TPSA) is 29.5 Å². The van der Waals surface area contributed by atoms with Gasteiger partial charge in [-0.2, -0.15) is 0 Å². The van der Waals surface area contributed by atoms with Crippen LogP contribution in [0.3, 0.4) is 0 Å². The van der Waals surface area contributed by atoms with E-state index in [-0.39, 0.29) is 10.8 Å². The van der Waals surface area contributed by atoms with Crippen LogP contribution in [0.25, 0.3) is 0 Å². The van der Waals surface area contributed by atoms with Gasteiger partial charge in [-0.05, 0) is 33.3 Å². The second-order valence-electron chi connectivity index (χ2n) is 5.91. The number of benzene rings is 1. The van der Waals surface area contributed by atoms with Gasteiger partial charge in [0.1, 0.15) is 16.7 Å². The van der Waals surface area contributed by atoms with E-state index < -0.39 is 11.0 Å². The quantitative estimate of drug-likeness (QED) is 0.799. The molecule has 1 aromatic carbocycles. The summed E-state index contributed by atoms with van der Waals surface area (Å²) in [5, 5.41) is 0. The fourth-order valence-electron chi connectivity index (χ4n) is 2.37. The fourth-order valence-corrected chi connectivity index (χ4v) is 3.73. The summed E-state index contributed by atoms with van der Waals surface area (Å²) in [6.07, 6.45) is 5.23. The first-order valence-electron chi connectivity index (χ1n) is 6.93. The van der Waals surface area contributed by atoms with Crippen molar-refractivity contribution in [3.63, 3.8) is 0 Å². The Morgan fingerprint density at radius 2 is 2.00 bits per heavy atom. The van der Waals surface area contributed by atoms with Crippen LogP contribution in [0.1, 0.15) is 38.8 Å². The summed E-state index contributed by atoms with van der Waals surface area (Å²) in [6, 6.07) is 7.97. The van der Waals surface area contributed by atoms with Gasteiger partial charge < -0.3 is 4.74 Å². The molecule has 1 aliphatic rings. The number of rotatable bonds is 3. The molecule has 0 fully saturated rings. The Kier molecular flexibility index (Phi) is 4.66. The molecule has 20 heavy (non-hydrogen) atoms. The highest BCUT2D eigenvalue weighted by molar-refractivity contribution is 7.84. The van der Waals surface area contributed by atoms with Gasteiger partial charge >= 0.3 is 0 Å². The Hall–Kier alpha value is -1.13. The molecule has 110 valence electrons. The van der Waals surface area contributed by atoms with Crippen LogP contribution in [-0.2, 0) is 11.0 Å². The molecule has 4 heteroatoms. The lowest BCUT2D eigenvalue weighted by atomic mass is 10.0. The molecular weight excluding hydrogens is 270 g/mol. The first kappa shape index (κ1) is 15.3. The molecule has 0 amide bonds. The van der Waals surface area contributed by atoms with Crippen molar-refractivity contribution in [2.75, 3.05) is 13.7 Å². The van der Waals surface area contributed by atoms with E-state index in [9.17, 15) is 4.21 Å². The van der Waals surface area contributed by atoms with Crippen LogP contribution >= 0.6 is 0 Å². The van der Waals surface area contributed by atoms with Crippen molar-refractivity contribution in [1.29, 1.82) is 0 Å². The summed E-state index contributed by atoms with van der Waals surface area (Å²) < 4.78 is 20.0. The predicted molar refractivity (Wildman–Crippen MR) is 84.1 cm³/mol. The SMILES string of the molecule is COc1ccccc1[C@@H]1C=CCCN1S(=O)C(C)(C)C. The Morgan fingerprint density at radius 3 is 2.65 bits per heavy atom. The van der Waals surface area contributed by atoms with E-state index in [0.29, 0.717) is 0 Å². The largest absolute Gasteiger partial charge is 0.496 e. The lowest BCUT2D eigenvalue weighted by molar-refractivity contribution is 0.354. The zero-order valence-corrected chi connectivity index (χ0v) is 13.4. The second kappa shape index (κ2) is 6.10. The van der Waals surface area contributed by atoms with E-state index in [2.05, 4.69) is 16.5 Å². The number of hydrogen-bond acceptors (Lipinski definition) is 2. The number of nitrogens with zero attached hydrogens (tertiary/aromatic N) is 1. The number of hydrogen-bond donors (Lipinski definition) is 0. The van der Waals surface area contributed by atoms with Crippen LogP contribution < -0.4 is 4.74 Å². The summed E-state index contributed by atoms with van der Waals surface area (Å²) in [7, 11) is 0.639. The van der Waals surface area contributed by atoms with Gasteiger partial charge in [-0.1, -0.05) is 30.4 Å². The third-order valence-corrected chi connectivity index (χ3v) is 5.22. The van der Waals surface area contributed by atoms with Gasteiger partial charge in [0.25, 0.3) is 0 Å². The average Bonchev–Trinajstić information content (AvgIpc) is 2.45. The standard InChI is InChI=1S/C16H23NO2S/c1-16(2,3)20(18)17-12-8-7-10-14(17)13-9-5-6-11-15(13)19-4/h5-7,9-11,14H,8,12H2,1-4H3/t14-,20?/m0/s1. The van der Waals surface area contributed by atoms with Crippen molar-refractivity contribution >= 4 is 11.0 Å². The number of ether oxygens (including phenoxy) is 1. The summed E-state index contributed by atoms with van der Waals surface area (Å²) in [6.45, 7) is 6.85. The van der Waals surface area contributed by atoms with E-state index in [1.54, 1.807) is 7.11 Å². The van der Waals surface area contributed by atoms with Crippen molar-refractivity contribution in [1.82, 2.24) is 4.31 Å². The molecule has 0 saturated carbocycles. The first-order chi connectivity index (χ1) is 9.45. The van der Waals surface area contributed by atoms with Gasteiger partial charge in [0.15, 0.2) is 0 Å². The molecular formula is C16H23NO2S. The van der Waals surface area contributed by atoms with Crippen LogP contribution in [-0.4, -0.2) is 26.9 Å². The zero-order chi connectivity index (χ0) is 14.8. The van der Waals surface area contributed by atoms with E-state index in [4.69, 9.17) is 4.74 Å². The number of methoxy groups -OCH3 is 1. The molecule has 0 radical (unpaired) electrons. The molecule has 0 bridgehead atoms. The van der Waals surface area contributed by atoms with Crippen LogP contribution in [0.4, 0.5) is 0 Å². The summed E-state index contributed by atoms with van der Waals surface area (Å²) in [5.41, 5.74) is 1.07. The highest BCUT2D eigenvalue weighted by Gasteiger charge is 2.33.